The first-order chi connectivity index (χ1) is 10.00. The zero-order valence-corrected chi connectivity index (χ0v) is 13.1. The smallest absolute Gasteiger partial charge is 0.277 e. The predicted octanol–water partition coefficient (Wildman–Crippen LogP) is 0.417. The number of amides is 1. The summed E-state index contributed by atoms with van der Waals surface area (Å²) in [5.74, 6) is 1.18. The molecule has 1 saturated heterocycles. The van der Waals surface area contributed by atoms with Gasteiger partial charge < -0.3 is 9.73 Å². The van der Waals surface area contributed by atoms with Crippen molar-refractivity contribution in [3.8, 4) is 0 Å². The number of carbonyl (C=O) groups is 1. The maximum absolute atomic E-state index is 11.5. The third kappa shape index (κ3) is 4.44. The van der Waals surface area contributed by atoms with Crippen molar-refractivity contribution < 1.29 is 17.6 Å². The lowest BCUT2D eigenvalue weighted by Crippen LogP contribution is -2.26. The molecule has 1 aliphatic carbocycles. The Hall–Kier alpha value is -1.09. The Morgan fingerprint density at radius 2 is 2.14 bits per heavy atom. The van der Waals surface area contributed by atoms with E-state index in [2.05, 4.69) is 15.5 Å². The lowest BCUT2D eigenvalue weighted by molar-refractivity contribution is -0.118. The van der Waals surface area contributed by atoms with Gasteiger partial charge in [-0.2, -0.15) is 0 Å². The highest BCUT2D eigenvalue weighted by atomic mass is 32.2. The first kappa shape index (κ1) is 14.8. The molecule has 1 atom stereocenters. The highest BCUT2D eigenvalue weighted by Gasteiger charge is 2.29. The summed E-state index contributed by atoms with van der Waals surface area (Å²) in [5.41, 5.74) is 0. The van der Waals surface area contributed by atoms with E-state index >= 15 is 0 Å². The van der Waals surface area contributed by atoms with E-state index in [0.29, 0.717) is 30.0 Å². The summed E-state index contributed by atoms with van der Waals surface area (Å²) in [4.78, 5) is 11.5. The van der Waals surface area contributed by atoms with E-state index in [1.807, 2.05) is 0 Å². The van der Waals surface area contributed by atoms with Gasteiger partial charge in [0.05, 0.1) is 17.3 Å². The fourth-order valence-corrected chi connectivity index (χ4v) is 4.74. The number of rotatable bonds is 6. The Labute approximate surface area is 127 Å². The van der Waals surface area contributed by atoms with Crippen molar-refractivity contribution in [3.63, 3.8) is 0 Å². The highest BCUT2D eigenvalue weighted by molar-refractivity contribution is 7.99. The molecule has 1 amide bonds. The molecular weight excluding hydrogens is 314 g/mol. The number of hydrogen-bond acceptors (Lipinski definition) is 7. The van der Waals surface area contributed by atoms with Gasteiger partial charge in [0.1, 0.15) is 0 Å². The SMILES string of the molecule is O=C(CSc1nnc(C[C@H]2CCS(=O)(=O)C2)o1)NC1CC1. The minimum absolute atomic E-state index is 0.0239. The van der Waals surface area contributed by atoms with Crippen LogP contribution in [0.3, 0.4) is 0 Å². The van der Waals surface area contributed by atoms with Gasteiger partial charge in [-0.15, -0.1) is 10.2 Å². The van der Waals surface area contributed by atoms with Gasteiger partial charge in [0, 0.05) is 12.5 Å². The van der Waals surface area contributed by atoms with Crippen LogP contribution in [0.25, 0.3) is 0 Å². The van der Waals surface area contributed by atoms with Crippen LogP contribution < -0.4 is 5.32 Å². The largest absolute Gasteiger partial charge is 0.416 e. The molecule has 1 aliphatic heterocycles. The van der Waals surface area contributed by atoms with E-state index in [1.165, 1.54) is 11.8 Å². The Bertz CT molecular complexity index is 624. The number of nitrogens with one attached hydrogen (secondary N) is 1. The summed E-state index contributed by atoms with van der Waals surface area (Å²) in [6.07, 6.45) is 3.26. The van der Waals surface area contributed by atoms with Crippen molar-refractivity contribution >= 4 is 27.5 Å². The zero-order chi connectivity index (χ0) is 14.9. The zero-order valence-electron chi connectivity index (χ0n) is 11.4. The normalized spacial score (nSPS) is 24.1. The summed E-state index contributed by atoms with van der Waals surface area (Å²) in [6.45, 7) is 0. The second kappa shape index (κ2) is 5.96. The van der Waals surface area contributed by atoms with Crippen LogP contribution in [-0.4, -0.2) is 47.8 Å². The minimum Gasteiger partial charge on any atom is -0.416 e. The average molecular weight is 331 g/mol. The van der Waals surface area contributed by atoms with Crippen LogP contribution in [0.1, 0.15) is 25.2 Å². The molecule has 21 heavy (non-hydrogen) atoms. The third-order valence-corrected chi connectivity index (χ3v) is 6.16. The molecule has 1 aromatic heterocycles. The number of hydrogen-bond donors (Lipinski definition) is 1. The van der Waals surface area contributed by atoms with E-state index in [0.717, 1.165) is 12.8 Å². The van der Waals surface area contributed by atoms with Gasteiger partial charge in [-0.1, -0.05) is 11.8 Å². The highest BCUT2D eigenvalue weighted by Crippen LogP contribution is 2.24. The van der Waals surface area contributed by atoms with Gasteiger partial charge in [0.2, 0.25) is 11.8 Å². The molecule has 0 unspecified atom stereocenters. The van der Waals surface area contributed by atoms with Crippen LogP contribution in [0.2, 0.25) is 0 Å². The van der Waals surface area contributed by atoms with Gasteiger partial charge in [-0.05, 0) is 25.2 Å². The second-order valence-electron chi connectivity index (χ2n) is 5.57. The molecule has 7 nitrogen and oxygen atoms in total. The molecule has 1 saturated carbocycles. The quantitative estimate of drug-likeness (QED) is 0.754. The molecule has 1 aromatic rings. The van der Waals surface area contributed by atoms with Crippen molar-refractivity contribution in [3.05, 3.63) is 5.89 Å². The molecule has 2 fully saturated rings. The number of sulfone groups is 1. The Morgan fingerprint density at radius 1 is 1.33 bits per heavy atom. The summed E-state index contributed by atoms with van der Waals surface area (Å²) in [5, 5.41) is 11.0. The lowest BCUT2D eigenvalue weighted by Gasteiger charge is -2.02. The van der Waals surface area contributed by atoms with Gasteiger partial charge >= 0.3 is 0 Å². The minimum atomic E-state index is -2.88. The Balaban J connectivity index is 1.46. The molecule has 9 heteroatoms. The van der Waals surface area contributed by atoms with E-state index in [4.69, 9.17) is 4.42 Å². The van der Waals surface area contributed by atoms with Crippen LogP contribution in [0, 0.1) is 5.92 Å². The maximum atomic E-state index is 11.5. The summed E-state index contributed by atoms with van der Waals surface area (Å²) in [7, 11) is -2.88. The van der Waals surface area contributed by atoms with Crippen LogP contribution in [-0.2, 0) is 21.1 Å². The topological polar surface area (TPSA) is 102 Å². The van der Waals surface area contributed by atoms with E-state index < -0.39 is 9.84 Å². The maximum Gasteiger partial charge on any atom is 0.277 e. The van der Waals surface area contributed by atoms with Crippen molar-refractivity contribution in [1.82, 2.24) is 15.5 Å². The van der Waals surface area contributed by atoms with Gasteiger partial charge in [-0.3, -0.25) is 4.79 Å². The fraction of sp³-hybridized carbons (Fsp3) is 0.750. The monoisotopic (exact) mass is 331 g/mol. The van der Waals surface area contributed by atoms with Crippen molar-refractivity contribution in [2.45, 2.75) is 36.9 Å². The van der Waals surface area contributed by atoms with Crippen molar-refractivity contribution in [2.24, 2.45) is 5.92 Å². The first-order valence-electron chi connectivity index (χ1n) is 6.95. The molecule has 0 radical (unpaired) electrons. The van der Waals surface area contributed by atoms with Crippen LogP contribution in [0.15, 0.2) is 9.64 Å². The second-order valence-corrected chi connectivity index (χ2v) is 8.72. The molecule has 2 heterocycles. The third-order valence-electron chi connectivity index (χ3n) is 3.51. The van der Waals surface area contributed by atoms with E-state index in [9.17, 15) is 13.2 Å². The molecule has 3 rings (SSSR count). The van der Waals surface area contributed by atoms with E-state index in [-0.39, 0.29) is 29.1 Å². The van der Waals surface area contributed by atoms with Crippen LogP contribution >= 0.6 is 11.8 Å². The van der Waals surface area contributed by atoms with Gasteiger partial charge in [-0.25, -0.2) is 8.42 Å². The van der Waals surface area contributed by atoms with Crippen LogP contribution in [0.5, 0.6) is 0 Å². The Kier molecular flexibility index (Phi) is 4.21. The molecule has 0 aromatic carbocycles. The summed E-state index contributed by atoms with van der Waals surface area (Å²) >= 11 is 1.21. The molecular formula is C12H17N3O4S2. The number of thioether (sulfide) groups is 1. The van der Waals surface area contributed by atoms with E-state index in [1.54, 1.807) is 0 Å². The van der Waals surface area contributed by atoms with Crippen molar-refractivity contribution in [2.75, 3.05) is 17.3 Å². The average Bonchev–Trinajstić information content (AvgIpc) is 3.00. The predicted molar refractivity (Wildman–Crippen MR) is 76.7 cm³/mol. The lowest BCUT2D eigenvalue weighted by atomic mass is 10.1. The molecule has 0 spiro atoms. The molecule has 2 aliphatic rings. The standard InChI is InChI=1S/C12H17N3O4S2/c16-10(13-9-1-2-9)6-20-12-15-14-11(19-12)5-8-3-4-21(17,18)7-8/h8-9H,1-7H2,(H,13,16)/t8-/m1/s1. The van der Waals surface area contributed by atoms with Crippen LogP contribution in [0.4, 0.5) is 0 Å². The van der Waals surface area contributed by atoms with Gasteiger partial charge in [0.25, 0.3) is 5.22 Å². The molecule has 0 bridgehead atoms. The number of carbonyl (C=O) groups excluding carboxylic acids is 1. The molecule has 116 valence electrons. The van der Waals surface area contributed by atoms with Crippen molar-refractivity contribution in [1.29, 1.82) is 0 Å². The fourth-order valence-electron chi connectivity index (χ4n) is 2.28. The number of nitrogens with zero attached hydrogens (tertiary/aromatic N) is 2. The number of aromatic nitrogens is 2. The summed E-state index contributed by atoms with van der Waals surface area (Å²) < 4.78 is 28.2. The Morgan fingerprint density at radius 3 is 2.81 bits per heavy atom. The summed E-state index contributed by atoms with van der Waals surface area (Å²) in [6, 6.07) is 0.348. The molecule has 1 N–H and O–H groups in total. The van der Waals surface area contributed by atoms with Gasteiger partial charge in [0.15, 0.2) is 9.84 Å². The first-order valence-corrected chi connectivity index (χ1v) is 9.76.